The van der Waals surface area contributed by atoms with Crippen LogP contribution in [0, 0.1) is 0 Å². The lowest BCUT2D eigenvalue weighted by Crippen LogP contribution is -2.17. The Kier molecular flexibility index (Phi) is 6.58. The maximum absolute atomic E-state index is 8.39. The molecular weight excluding hydrogens is 134 g/mol. The van der Waals surface area contributed by atoms with Crippen molar-refractivity contribution in [2.24, 2.45) is 5.73 Å². The molecule has 0 saturated carbocycles. The maximum Gasteiger partial charge on any atom is 0.0438 e. The fourth-order valence-electron chi connectivity index (χ4n) is 0.436. The standard InChI is InChI=1S/C6H15NOS/c1-6(7)5-9-4-2-3-8/h6,8H,2-5,7H2,1H3. The van der Waals surface area contributed by atoms with Crippen molar-refractivity contribution in [1.82, 2.24) is 0 Å². The van der Waals surface area contributed by atoms with E-state index in [1.807, 2.05) is 6.92 Å². The molecule has 0 saturated heterocycles. The first-order valence-corrected chi connectivity index (χ1v) is 4.37. The molecule has 0 amide bonds. The Morgan fingerprint density at radius 3 is 2.78 bits per heavy atom. The van der Waals surface area contributed by atoms with Gasteiger partial charge >= 0.3 is 0 Å². The van der Waals surface area contributed by atoms with E-state index in [1.54, 1.807) is 11.8 Å². The quantitative estimate of drug-likeness (QED) is 0.558. The van der Waals surface area contributed by atoms with E-state index in [2.05, 4.69) is 0 Å². The molecule has 0 aliphatic rings. The van der Waals surface area contributed by atoms with Crippen LogP contribution in [0.2, 0.25) is 0 Å². The van der Waals surface area contributed by atoms with Gasteiger partial charge in [0.25, 0.3) is 0 Å². The van der Waals surface area contributed by atoms with Gasteiger partial charge in [0.05, 0.1) is 0 Å². The Morgan fingerprint density at radius 1 is 1.67 bits per heavy atom. The van der Waals surface area contributed by atoms with Crippen LogP contribution in [0.4, 0.5) is 0 Å². The van der Waals surface area contributed by atoms with Gasteiger partial charge in [0.2, 0.25) is 0 Å². The van der Waals surface area contributed by atoms with Crippen molar-refractivity contribution < 1.29 is 5.11 Å². The van der Waals surface area contributed by atoms with E-state index >= 15 is 0 Å². The topological polar surface area (TPSA) is 46.2 Å². The van der Waals surface area contributed by atoms with Crippen molar-refractivity contribution >= 4 is 11.8 Å². The van der Waals surface area contributed by atoms with Gasteiger partial charge < -0.3 is 10.8 Å². The maximum atomic E-state index is 8.39. The monoisotopic (exact) mass is 149 g/mol. The van der Waals surface area contributed by atoms with Gasteiger partial charge in [-0.15, -0.1) is 0 Å². The Bertz CT molecular complexity index is 59.0. The summed E-state index contributed by atoms with van der Waals surface area (Å²) in [6.07, 6.45) is 0.886. The molecule has 0 aliphatic carbocycles. The minimum Gasteiger partial charge on any atom is -0.396 e. The highest BCUT2D eigenvalue weighted by Crippen LogP contribution is 2.02. The molecular formula is C6H15NOS. The third-order valence-corrected chi connectivity index (χ3v) is 2.17. The fourth-order valence-corrected chi connectivity index (χ4v) is 1.31. The number of aliphatic hydroxyl groups is 1. The third-order valence-electron chi connectivity index (χ3n) is 0.828. The van der Waals surface area contributed by atoms with Crippen LogP contribution in [0.3, 0.4) is 0 Å². The minimum atomic E-state index is 0.286. The molecule has 0 fully saturated rings. The second-order valence-electron chi connectivity index (χ2n) is 2.13. The smallest absolute Gasteiger partial charge is 0.0438 e. The molecule has 0 aliphatic heterocycles. The van der Waals surface area contributed by atoms with Gasteiger partial charge in [0, 0.05) is 18.4 Å². The van der Waals surface area contributed by atoms with E-state index in [4.69, 9.17) is 10.8 Å². The van der Waals surface area contributed by atoms with Gasteiger partial charge in [-0.25, -0.2) is 0 Å². The Labute approximate surface area is 60.8 Å². The van der Waals surface area contributed by atoms with Crippen LogP contribution >= 0.6 is 11.8 Å². The number of aliphatic hydroxyl groups excluding tert-OH is 1. The number of thioether (sulfide) groups is 1. The van der Waals surface area contributed by atoms with Gasteiger partial charge in [0.1, 0.15) is 0 Å². The second kappa shape index (κ2) is 6.39. The van der Waals surface area contributed by atoms with Gasteiger partial charge in [-0.3, -0.25) is 0 Å². The van der Waals surface area contributed by atoms with Crippen LogP contribution in [0.15, 0.2) is 0 Å². The zero-order chi connectivity index (χ0) is 7.11. The average Bonchev–Trinajstić information content (AvgIpc) is 1.80. The van der Waals surface area contributed by atoms with E-state index in [0.717, 1.165) is 17.9 Å². The first-order valence-electron chi connectivity index (χ1n) is 3.21. The molecule has 56 valence electrons. The minimum absolute atomic E-state index is 0.286. The van der Waals surface area contributed by atoms with Crippen LogP contribution < -0.4 is 5.73 Å². The van der Waals surface area contributed by atoms with Crippen LogP contribution in [0.5, 0.6) is 0 Å². The summed E-state index contributed by atoms with van der Waals surface area (Å²) in [7, 11) is 0. The van der Waals surface area contributed by atoms with Crippen LogP contribution in [0.1, 0.15) is 13.3 Å². The van der Waals surface area contributed by atoms with Crippen LogP contribution in [-0.2, 0) is 0 Å². The zero-order valence-electron chi connectivity index (χ0n) is 5.84. The highest BCUT2D eigenvalue weighted by atomic mass is 32.2. The largest absolute Gasteiger partial charge is 0.396 e. The second-order valence-corrected chi connectivity index (χ2v) is 3.28. The van der Waals surface area contributed by atoms with E-state index in [-0.39, 0.29) is 6.04 Å². The Morgan fingerprint density at radius 2 is 2.33 bits per heavy atom. The molecule has 3 N–H and O–H groups in total. The predicted molar refractivity (Wildman–Crippen MR) is 42.7 cm³/mol. The van der Waals surface area contributed by atoms with E-state index in [1.165, 1.54) is 0 Å². The Balaban J connectivity index is 2.75. The summed E-state index contributed by atoms with van der Waals surface area (Å²) in [5.74, 6) is 2.03. The summed E-state index contributed by atoms with van der Waals surface area (Å²) in [6, 6.07) is 0.286. The highest BCUT2D eigenvalue weighted by molar-refractivity contribution is 7.99. The molecule has 0 aromatic heterocycles. The van der Waals surface area contributed by atoms with Gasteiger partial charge in [0.15, 0.2) is 0 Å². The predicted octanol–water partition coefficient (Wildman–Crippen LogP) is 0.449. The first kappa shape index (κ1) is 9.27. The first-order chi connectivity index (χ1) is 4.27. The summed E-state index contributed by atoms with van der Waals surface area (Å²) < 4.78 is 0. The van der Waals surface area contributed by atoms with E-state index in [0.29, 0.717) is 6.61 Å². The van der Waals surface area contributed by atoms with Gasteiger partial charge in [-0.1, -0.05) is 0 Å². The lowest BCUT2D eigenvalue weighted by Gasteiger charge is -2.02. The molecule has 1 unspecified atom stereocenters. The van der Waals surface area contributed by atoms with Crippen LogP contribution in [0.25, 0.3) is 0 Å². The molecule has 0 radical (unpaired) electrons. The lowest BCUT2D eigenvalue weighted by atomic mass is 10.4. The van der Waals surface area contributed by atoms with Crippen LogP contribution in [-0.4, -0.2) is 29.3 Å². The van der Waals surface area contributed by atoms with Gasteiger partial charge in [-0.05, 0) is 19.1 Å². The third kappa shape index (κ3) is 8.27. The average molecular weight is 149 g/mol. The highest BCUT2D eigenvalue weighted by Gasteiger charge is 1.92. The molecule has 1 atom stereocenters. The molecule has 0 aromatic rings. The molecule has 0 spiro atoms. The molecule has 3 heteroatoms. The normalized spacial score (nSPS) is 13.7. The molecule has 0 heterocycles. The summed E-state index contributed by atoms with van der Waals surface area (Å²) in [5, 5.41) is 8.39. The summed E-state index contributed by atoms with van der Waals surface area (Å²) >= 11 is 1.80. The summed E-state index contributed by atoms with van der Waals surface area (Å²) in [6.45, 7) is 2.29. The van der Waals surface area contributed by atoms with E-state index < -0.39 is 0 Å². The fraction of sp³-hybridized carbons (Fsp3) is 1.00. The van der Waals surface area contributed by atoms with Crippen molar-refractivity contribution in [1.29, 1.82) is 0 Å². The Hall–Kier alpha value is 0.270. The number of rotatable bonds is 5. The summed E-state index contributed by atoms with van der Waals surface area (Å²) in [4.78, 5) is 0. The van der Waals surface area contributed by atoms with Crippen molar-refractivity contribution in [2.75, 3.05) is 18.1 Å². The van der Waals surface area contributed by atoms with E-state index in [9.17, 15) is 0 Å². The number of nitrogens with two attached hydrogens (primary N) is 1. The SMILES string of the molecule is CC(N)CSCCCO. The molecule has 0 aromatic carbocycles. The van der Waals surface area contributed by atoms with Gasteiger partial charge in [-0.2, -0.15) is 11.8 Å². The summed E-state index contributed by atoms with van der Waals surface area (Å²) in [5.41, 5.74) is 5.49. The van der Waals surface area contributed by atoms with Crippen molar-refractivity contribution in [3.05, 3.63) is 0 Å². The lowest BCUT2D eigenvalue weighted by molar-refractivity contribution is 0.296. The molecule has 2 nitrogen and oxygen atoms in total. The van der Waals surface area contributed by atoms with Crippen molar-refractivity contribution in [2.45, 2.75) is 19.4 Å². The molecule has 0 bridgehead atoms. The number of hydrogen-bond donors (Lipinski definition) is 2. The molecule has 0 rings (SSSR count). The number of hydrogen-bond acceptors (Lipinski definition) is 3. The van der Waals surface area contributed by atoms with Crippen molar-refractivity contribution in [3.8, 4) is 0 Å². The zero-order valence-corrected chi connectivity index (χ0v) is 6.66. The molecule has 9 heavy (non-hydrogen) atoms. The van der Waals surface area contributed by atoms with Crippen molar-refractivity contribution in [3.63, 3.8) is 0 Å².